The third-order valence-corrected chi connectivity index (χ3v) is 7.37. The Morgan fingerprint density at radius 3 is 2.53 bits per heavy atom. The van der Waals surface area contributed by atoms with Crippen molar-refractivity contribution < 1.29 is 9.53 Å². The number of fused-ring (bicyclic) bond motifs is 1. The summed E-state index contributed by atoms with van der Waals surface area (Å²) in [5.41, 5.74) is 2.54. The van der Waals surface area contributed by atoms with E-state index in [9.17, 15) is 9.59 Å². The lowest BCUT2D eigenvalue weighted by molar-refractivity contribution is -0.139. The molecule has 8 heteroatoms. The maximum Gasteiger partial charge on any atom is 0.338 e. The van der Waals surface area contributed by atoms with E-state index in [2.05, 4.69) is 20.9 Å². The van der Waals surface area contributed by atoms with Crippen LogP contribution >= 0.6 is 39.0 Å². The number of carbonyl (C=O) groups is 1. The molecule has 1 aliphatic heterocycles. The van der Waals surface area contributed by atoms with E-state index in [0.717, 1.165) is 20.5 Å². The van der Waals surface area contributed by atoms with Crippen molar-refractivity contribution >= 4 is 51.1 Å². The summed E-state index contributed by atoms with van der Waals surface area (Å²) in [5.74, 6) is -0.455. The first-order valence-corrected chi connectivity index (χ1v) is 12.9. The Hall–Kier alpha value is -2.42. The molecule has 0 fully saturated rings. The van der Waals surface area contributed by atoms with Crippen LogP contribution in [0, 0.1) is 0 Å². The molecule has 0 unspecified atom stereocenters. The van der Waals surface area contributed by atoms with Crippen LogP contribution in [0.4, 0.5) is 0 Å². The molecule has 32 heavy (non-hydrogen) atoms. The molecule has 3 aromatic rings. The van der Waals surface area contributed by atoms with Gasteiger partial charge in [0.25, 0.3) is 5.56 Å². The Bertz CT molecular complexity index is 1370. The average molecular weight is 529 g/mol. The molecule has 0 spiro atoms. The van der Waals surface area contributed by atoms with Crippen molar-refractivity contribution in [1.29, 1.82) is 0 Å². The minimum atomic E-state index is -0.598. The van der Waals surface area contributed by atoms with Crippen molar-refractivity contribution in [2.75, 3.05) is 12.9 Å². The third kappa shape index (κ3) is 4.40. The molecular weight excluding hydrogens is 508 g/mol. The molecule has 5 nitrogen and oxygen atoms in total. The van der Waals surface area contributed by atoms with Gasteiger partial charge in [-0.1, -0.05) is 51.5 Å². The highest BCUT2D eigenvalue weighted by Crippen LogP contribution is 2.31. The maximum atomic E-state index is 13.5. The highest BCUT2D eigenvalue weighted by atomic mass is 79.9. The first kappa shape index (κ1) is 22.8. The average Bonchev–Trinajstić information content (AvgIpc) is 3.08. The van der Waals surface area contributed by atoms with Crippen molar-refractivity contribution in [3.63, 3.8) is 0 Å². The summed E-state index contributed by atoms with van der Waals surface area (Å²) >= 11 is 6.45. The van der Waals surface area contributed by atoms with Crippen LogP contribution in [0.5, 0.6) is 0 Å². The number of thioether (sulfide) groups is 1. The quantitative estimate of drug-likeness (QED) is 0.366. The second-order valence-electron chi connectivity index (χ2n) is 7.13. The lowest BCUT2D eigenvalue weighted by Crippen LogP contribution is -2.39. The summed E-state index contributed by atoms with van der Waals surface area (Å²) in [4.78, 5) is 32.7. The van der Waals surface area contributed by atoms with E-state index >= 15 is 0 Å². The lowest BCUT2D eigenvalue weighted by Gasteiger charge is -2.24. The standard InChI is InChI=1S/C24H21BrN2O3S2/c1-4-30-23(29)20-14(2)26-24-27(21(20)16-7-9-17(25)10-8-16)22(28)19(32-24)13-15-5-11-18(31-3)12-6-15/h5-13,21H,4H2,1-3H3/b19-13-/t21-/m1/s1. The Morgan fingerprint density at radius 1 is 1.22 bits per heavy atom. The molecule has 0 saturated heterocycles. The van der Waals surface area contributed by atoms with Gasteiger partial charge in [0.15, 0.2) is 4.80 Å². The van der Waals surface area contributed by atoms with Gasteiger partial charge in [-0.3, -0.25) is 9.36 Å². The van der Waals surface area contributed by atoms with Crippen molar-refractivity contribution in [3.8, 4) is 0 Å². The van der Waals surface area contributed by atoms with Crippen LogP contribution in [0.3, 0.4) is 0 Å². The van der Waals surface area contributed by atoms with Crippen LogP contribution in [0.2, 0.25) is 0 Å². The molecule has 0 N–H and O–H groups in total. The number of carbonyl (C=O) groups excluding carboxylic acids is 1. The molecule has 0 aliphatic carbocycles. The molecule has 0 bridgehead atoms. The van der Waals surface area contributed by atoms with E-state index in [1.807, 2.05) is 60.9 Å². The fourth-order valence-corrected chi connectivity index (χ4v) is 5.32. The SMILES string of the molecule is CCOC(=O)C1=C(C)N=c2s/c(=C\c3ccc(SC)cc3)c(=O)n2[C@@H]1c1ccc(Br)cc1. The van der Waals surface area contributed by atoms with E-state index in [4.69, 9.17) is 4.74 Å². The number of hydrogen-bond acceptors (Lipinski definition) is 6. The monoisotopic (exact) mass is 528 g/mol. The van der Waals surface area contributed by atoms with Crippen LogP contribution in [-0.2, 0) is 9.53 Å². The number of nitrogens with zero attached hydrogens (tertiary/aromatic N) is 2. The number of benzene rings is 2. The second-order valence-corrected chi connectivity index (χ2v) is 9.93. The summed E-state index contributed by atoms with van der Waals surface area (Å²) in [6, 6.07) is 15.1. The van der Waals surface area contributed by atoms with Crippen LogP contribution in [0.15, 0.2) is 79.0 Å². The number of allylic oxidation sites excluding steroid dienone is 1. The number of esters is 1. The van der Waals surface area contributed by atoms with Gasteiger partial charge < -0.3 is 4.74 Å². The van der Waals surface area contributed by atoms with E-state index in [1.165, 1.54) is 11.3 Å². The Morgan fingerprint density at radius 2 is 1.91 bits per heavy atom. The Kier molecular flexibility index (Phi) is 6.83. The van der Waals surface area contributed by atoms with Gasteiger partial charge in [0.2, 0.25) is 0 Å². The van der Waals surface area contributed by atoms with Gasteiger partial charge in [-0.15, -0.1) is 11.8 Å². The van der Waals surface area contributed by atoms with Crippen molar-refractivity contribution in [1.82, 2.24) is 4.57 Å². The summed E-state index contributed by atoms with van der Waals surface area (Å²) in [6.07, 6.45) is 3.90. The van der Waals surface area contributed by atoms with Crippen molar-refractivity contribution in [3.05, 3.63) is 95.1 Å². The molecule has 0 amide bonds. The van der Waals surface area contributed by atoms with E-state index < -0.39 is 12.0 Å². The minimum Gasteiger partial charge on any atom is -0.463 e. The van der Waals surface area contributed by atoms with E-state index in [1.54, 1.807) is 30.2 Å². The molecule has 0 saturated carbocycles. The molecular formula is C24H21BrN2O3S2. The van der Waals surface area contributed by atoms with Gasteiger partial charge in [-0.2, -0.15) is 0 Å². The van der Waals surface area contributed by atoms with Gasteiger partial charge >= 0.3 is 5.97 Å². The first-order chi connectivity index (χ1) is 15.4. The van der Waals surface area contributed by atoms with E-state index in [0.29, 0.717) is 20.6 Å². The van der Waals surface area contributed by atoms with Gasteiger partial charge in [0.1, 0.15) is 0 Å². The largest absolute Gasteiger partial charge is 0.463 e. The van der Waals surface area contributed by atoms with Gasteiger partial charge in [-0.25, -0.2) is 9.79 Å². The van der Waals surface area contributed by atoms with Crippen LogP contribution in [0.1, 0.15) is 31.0 Å². The third-order valence-electron chi connectivity index (χ3n) is 5.12. The number of halogens is 1. The first-order valence-electron chi connectivity index (χ1n) is 10.0. The Labute approximate surface area is 202 Å². The molecule has 2 aromatic carbocycles. The number of aromatic nitrogens is 1. The van der Waals surface area contributed by atoms with Gasteiger partial charge in [-0.05, 0) is 61.6 Å². The zero-order chi connectivity index (χ0) is 22.8. The summed E-state index contributed by atoms with van der Waals surface area (Å²) in [5, 5.41) is 0. The minimum absolute atomic E-state index is 0.176. The Balaban J connectivity index is 1.92. The number of ether oxygens (including phenoxy) is 1. The molecule has 1 aliphatic rings. The highest BCUT2D eigenvalue weighted by Gasteiger charge is 2.33. The highest BCUT2D eigenvalue weighted by molar-refractivity contribution is 9.10. The van der Waals surface area contributed by atoms with Gasteiger partial charge in [0, 0.05) is 9.37 Å². The van der Waals surface area contributed by atoms with Crippen LogP contribution in [0.25, 0.3) is 6.08 Å². The maximum absolute atomic E-state index is 13.5. The summed E-state index contributed by atoms with van der Waals surface area (Å²) in [6.45, 7) is 3.80. The molecule has 1 aromatic heterocycles. The van der Waals surface area contributed by atoms with Gasteiger partial charge in [0.05, 0.1) is 28.5 Å². The molecule has 2 heterocycles. The second kappa shape index (κ2) is 9.60. The molecule has 1 atom stereocenters. The number of rotatable bonds is 5. The molecule has 164 valence electrons. The van der Waals surface area contributed by atoms with Crippen LogP contribution in [-0.4, -0.2) is 23.4 Å². The smallest absolute Gasteiger partial charge is 0.338 e. The normalized spacial score (nSPS) is 16.0. The van der Waals surface area contributed by atoms with Crippen molar-refractivity contribution in [2.24, 2.45) is 4.99 Å². The zero-order valence-electron chi connectivity index (χ0n) is 17.8. The predicted octanol–water partition coefficient (Wildman–Crippen LogP) is 4.28. The molecule has 4 rings (SSSR count). The predicted molar refractivity (Wildman–Crippen MR) is 133 cm³/mol. The molecule has 0 radical (unpaired) electrons. The number of thiazole rings is 1. The number of hydrogen-bond donors (Lipinski definition) is 0. The topological polar surface area (TPSA) is 60.7 Å². The lowest BCUT2D eigenvalue weighted by atomic mass is 9.96. The summed E-state index contributed by atoms with van der Waals surface area (Å²) < 4.78 is 8.41. The van der Waals surface area contributed by atoms with E-state index in [-0.39, 0.29) is 12.2 Å². The zero-order valence-corrected chi connectivity index (χ0v) is 21.0. The van der Waals surface area contributed by atoms with Crippen molar-refractivity contribution in [2.45, 2.75) is 24.8 Å². The fraction of sp³-hybridized carbons (Fsp3) is 0.208. The fourth-order valence-electron chi connectivity index (χ4n) is 3.60. The van der Waals surface area contributed by atoms with Crippen LogP contribution < -0.4 is 14.9 Å². The summed E-state index contributed by atoms with van der Waals surface area (Å²) in [7, 11) is 0.